The molecule has 0 spiro atoms. The zero-order chi connectivity index (χ0) is 14.0. The van der Waals surface area contributed by atoms with Crippen LogP contribution in [-0.4, -0.2) is 63.3 Å². The largest absolute Gasteiger partial charge is 0.376 e. The molecular weight excluding hydrogens is 379 g/mol. The van der Waals surface area contributed by atoms with Crippen molar-refractivity contribution in [2.45, 2.75) is 44.6 Å². The van der Waals surface area contributed by atoms with Gasteiger partial charge in [0, 0.05) is 26.7 Å². The van der Waals surface area contributed by atoms with Crippen LogP contribution >= 0.6 is 24.0 Å². The highest BCUT2D eigenvalue weighted by Crippen LogP contribution is 2.10. The normalized spacial score (nSPS) is 23.1. The molecule has 21 heavy (non-hydrogen) atoms. The molecule has 0 aliphatic carbocycles. The average molecular weight is 410 g/mol. The number of likely N-dealkylation sites (tertiary alicyclic amines) is 1. The summed E-state index contributed by atoms with van der Waals surface area (Å²) in [4.78, 5) is 6.83. The van der Waals surface area contributed by atoms with Crippen LogP contribution in [0, 0.1) is 0 Å². The van der Waals surface area contributed by atoms with Crippen LogP contribution in [0.4, 0.5) is 0 Å². The van der Waals surface area contributed by atoms with Crippen molar-refractivity contribution < 1.29 is 4.74 Å². The van der Waals surface area contributed by atoms with E-state index < -0.39 is 0 Å². The molecule has 0 saturated carbocycles. The Kier molecular flexibility index (Phi) is 10.4. The lowest BCUT2D eigenvalue weighted by Gasteiger charge is -2.16. The van der Waals surface area contributed by atoms with E-state index in [0.717, 1.165) is 25.7 Å². The number of hydrogen-bond donors (Lipinski definition) is 2. The topological polar surface area (TPSA) is 48.9 Å². The van der Waals surface area contributed by atoms with E-state index in [9.17, 15) is 0 Å². The van der Waals surface area contributed by atoms with E-state index in [1.54, 1.807) is 0 Å². The molecule has 0 amide bonds. The maximum absolute atomic E-state index is 5.60. The fourth-order valence-electron chi connectivity index (χ4n) is 2.91. The van der Waals surface area contributed by atoms with Crippen LogP contribution in [0.5, 0.6) is 0 Å². The van der Waals surface area contributed by atoms with Gasteiger partial charge in [0.15, 0.2) is 5.96 Å². The van der Waals surface area contributed by atoms with E-state index >= 15 is 0 Å². The van der Waals surface area contributed by atoms with Gasteiger partial charge < -0.3 is 20.3 Å². The number of aliphatic imine (C=N–C) groups is 1. The molecule has 2 saturated heterocycles. The van der Waals surface area contributed by atoms with Crippen molar-refractivity contribution in [3.05, 3.63) is 0 Å². The highest BCUT2D eigenvalue weighted by atomic mass is 127. The molecular formula is C15H31IN4O. The molecule has 0 bridgehead atoms. The SMILES string of the molecule is CN=C(NCCCCN1CCCC1)NCC1CCCO1.I. The second kappa shape index (κ2) is 11.5. The first-order valence-corrected chi connectivity index (χ1v) is 8.17. The Hall–Kier alpha value is -0.0800. The van der Waals surface area contributed by atoms with Gasteiger partial charge in [-0.25, -0.2) is 0 Å². The van der Waals surface area contributed by atoms with E-state index in [4.69, 9.17) is 4.74 Å². The molecule has 0 radical (unpaired) electrons. The highest BCUT2D eigenvalue weighted by Gasteiger charge is 2.15. The van der Waals surface area contributed by atoms with Gasteiger partial charge in [-0.3, -0.25) is 4.99 Å². The maximum atomic E-state index is 5.60. The minimum atomic E-state index is 0. The van der Waals surface area contributed by atoms with Gasteiger partial charge in [-0.15, -0.1) is 24.0 Å². The maximum Gasteiger partial charge on any atom is 0.191 e. The van der Waals surface area contributed by atoms with Crippen LogP contribution < -0.4 is 10.6 Å². The zero-order valence-corrected chi connectivity index (χ0v) is 15.6. The molecule has 0 aromatic rings. The van der Waals surface area contributed by atoms with Crippen molar-refractivity contribution >= 4 is 29.9 Å². The summed E-state index contributed by atoms with van der Waals surface area (Å²) in [6.07, 6.45) is 7.97. The third kappa shape index (κ3) is 7.65. The Morgan fingerprint density at radius 1 is 1.19 bits per heavy atom. The number of rotatable bonds is 7. The fourth-order valence-corrected chi connectivity index (χ4v) is 2.91. The molecule has 2 N–H and O–H groups in total. The molecule has 0 aromatic carbocycles. The molecule has 0 aromatic heterocycles. The van der Waals surface area contributed by atoms with Gasteiger partial charge >= 0.3 is 0 Å². The molecule has 2 heterocycles. The van der Waals surface area contributed by atoms with Crippen LogP contribution in [0.25, 0.3) is 0 Å². The molecule has 5 nitrogen and oxygen atoms in total. The predicted molar refractivity (Wildman–Crippen MR) is 98.7 cm³/mol. The molecule has 1 unspecified atom stereocenters. The van der Waals surface area contributed by atoms with Gasteiger partial charge in [0.25, 0.3) is 0 Å². The van der Waals surface area contributed by atoms with Crippen molar-refractivity contribution in [1.29, 1.82) is 0 Å². The molecule has 1 atom stereocenters. The molecule has 124 valence electrons. The number of ether oxygens (including phenoxy) is 1. The first kappa shape index (κ1) is 19.0. The van der Waals surface area contributed by atoms with Crippen molar-refractivity contribution in [3.8, 4) is 0 Å². The van der Waals surface area contributed by atoms with Gasteiger partial charge in [-0.05, 0) is 58.2 Å². The lowest BCUT2D eigenvalue weighted by molar-refractivity contribution is 0.114. The second-order valence-electron chi connectivity index (χ2n) is 5.77. The van der Waals surface area contributed by atoms with Gasteiger partial charge in [0.05, 0.1) is 6.10 Å². The number of nitrogens with one attached hydrogen (secondary N) is 2. The van der Waals surface area contributed by atoms with Gasteiger partial charge in [0.2, 0.25) is 0 Å². The van der Waals surface area contributed by atoms with Crippen LogP contribution in [-0.2, 0) is 4.74 Å². The third-order valence-corrected chi connectivity index (χ3v) is 4.14. The number of hydrogen-bond acceptors (Lipinski definition) is 3. The van der Waals surface area contributed by atoms with Crippen LogP contribution in [0.15, 0.2) is 4.99 Å². The van der Waals surface area contributed by atoms with Gasteiger partial charge in [0.1, 0.15) is 0 Å². The third-order valence-electron chi connectivity index (χ3n) is 4.14. The zero-order valence-electron chi connectivity index (χ0n) is 13.3. The fraction of sp³-hybridized carbons (Fsp3) is 0.933. The van der Waals surface area contributed by atoms with Crippen LogP contribution in [0.1, 0.15) is 38.5 Å². The number of guanidine groups is 1. The summed E-state index contributed by atoms with van der Waals surface area (Å²) in [6, 6.07) is 0. The van der Waals surface area contributed by atoms with Gasteiger partial charge in [-0.1, -0.05) is 0 Å². The summed E-state index contributed by atoms with van der Waals surface area (Å²) in [5.41, 5.74) is 0. The first-order valence-electron chi connectivity index (χ1n) is 8.17. The van der Waals surface area contributed by atoms with Crippen molar-refractivity contribution in [1.82, 2.24) is 15.5 Å². The molecule has 2 aliphatic heterocycles. The van der Waals surface area contributed by atoms with Crippen molar-refractivity contribution in [3.63, 3.8) is 0 Å². The first-order chi connectivity index (χ1) is 9.88. The molecule has 6 heteroatoms. The summed E-state index contributed by atoms with van der Waals surface area (Å²) in [6.45, 7) is 6.64. The van der Waals surface area contributed by atoms with E-state index in [1.807, 2.05) is 7.05 Å². The summed E-state index contributed by atoms with van der Waals surface area (Å²) < 4.78 is 5.60. The minimum Gasteiger partial charge on any atom is -0.376 e. The lowest BCUT2D eigenvalue weighted by Crippen LogP contribution is -2.41. The lowest BCUT2D eigenvalue weighted by atomic mass is 10.2. The quantitative estimate of drug-likeness (QED) is 0.291. The minimum absolute atomic E-state index is 0. The second-order valence-corrected chi connectivity index (χ2v) is 5.77. The number of halogens is 1. The Balaban J connectivity index is 0.00000220. The van der Waals surface area contributed by atoms with E-state index in [-0.39, 0.29) is 24.0 Å². The van der Waals surface area contributed by atoms with Crippen molar-refractivity contribution in [2.75, 3.05) is 46.4 Å². The number of unbranched alkanes of at least 4 members (excludes halogenated alkanes) is 1. The van der Waals surface area contributed by atoms with Crippen LogP contribution in [0.2, 0.25) is 0 Å². The van der Waals surface area contributed by atoms with E-state index in [1.165, 1.54) is 58.2 Å². The monoisotopic (exact) mass is 410 g/mol. The van der Waals surface area contributed by atoms with E-state index in [2.05, 4.69) is 20.5 Å². The van der Waals surface area contributed by atoms with Crippen LogP contribution in [0.3, 0.4) is 0 Å². The van der Waals surface area contributed by atoms with Gasteiger partial charge in [-0.2, -0.15) is 0 Å². The summed E-state index contributed by atoms with van der Waals surface area (Å²) in [7, 11) is 1.83. The summed E-state index contributed by atoms with van der Waals surface area (Å²) >= 11 is 0. The molecule has 2 fully saturated rings. The van der Waals surface area contributed by atoms with E-state index in [0.29, 0.717) is 6.10 Å². The van der Waals surface area contributed by atoms with Crippen molar-refractivity contribution in [2.24, 2.45) is 4.99 Å². The Labute approximate surface area is 146 Å². The Bertz CT molecular complexity index is 289. The Morgan fingerprint density at radius 2 is 2.00 bits per heavy atom. The average Bonchev–Trinajstić information content (AvgIpc) is 3.14. The molecule has 2 rings (SSSR count). The standard InChI is InChI=1S/C15H30N4O.HI/c1-16-15(18-13-14-7-6-12-20-14)17-8-2-3-9-19-10-4-5-11-19;/h14H,2-13H2,1H3,(H2,16,17,18);1H. The Morgan fingerprint density at radius 3 is 2.67 bits per heavy atom. The summed E-state index contributed by atoms with van der Waals surface area (Å²) in [5.74, 6) is 0.904. The predicted octanol–water partition coefficient (Wildman–Crippen LogP) is 1.82. The number of nitrogens with zero attached hydrogens (tertiary/aromatic N) is 2. The highest BCUT2D eigenvalue weighted by molar-refractivity contribution is 14.0. The smallest absolute Gasteiger partial charge is 0.191 e. The summed E-state index contributed by atoms with van der Waals surface area (Å²) in [5, 5.41) is 6.73. The molecule has 2 aliphatic rings.